The second-order valence-electron chi connectivity index (χ2n) is 45.5. The number of carbonyl (C=O) groups excluding carboxylic acids is 5. The van der Waals surface area contributed by atoms with Gasteiger partial charge in [0.05, 0.1) is 54.2 Å². The standard InChI is InChI=1S/2C25H40N4O3.C23H37BrO3.C23H38O3.C2H4N4.CH2O3.CH4O.4CH4.2K.H/c1-16-26-27-28-29(16)14-23(30)22-6-4-5-21-20-8-7-17-13-25(31,15-32-3)12-10-18(17)19(20)9-11-24(21,22)2;1-16-26-28-29(27-16)14-23(30)22-6-4-5-21-20-8-7-17-13-25(31,15-32-3)12-10-18(17)19(20)9-11-24(21,22)2;1-22-10-8-17-16-9-11-23(26,14-27-2)12-15(16)6-7-18(17)19(22)4-3-5-20(22)21(25)13-24;1-15(24)20-5-4-6-21-19-8-7-16-13-23(25,14-26-3)12-10-17(16)18(19)9-11-22(20,21)2;1-2-3-5-6-4-2;2-1-4-3;1-2;;;;;;;/h2*17-22,31H,4-15H2,1-3H3;15-20,26H,3-14H2,1-2H3;16-21,25H,4-14H2,1-3H3;1H3,(H,3,4,5,6);1,3H;2H,1H3;4*1H4;;;/q;;;;;;;;;;;2*+1;-1/p-1/t2*17-,18-,19+,20+,21-,22+,24-,25+;15-,16-,17+,18+,19-,20?,22-,23+;16-,17-,18+,19+,20+,21-,22+,23+;;;;;;;;;;/m0000........../s1. The number of aryl methyl sites for hydroxylation is 3. The number of H-pyrrole nitrogens is 1. The van der Waals surface area contributed by atoms with E-state index in [1.807, 2.05) is 20.8 Å². The summed E-state index contributed by atoms with van der Waals surface area (Å²) in [6, 6.07) is 0. The van der Waals surface area contributed by atoms with Crippen LogP contribution >= 0.6 is 15.9 Å². The molecular weight excluding hydrogens is 1830 g/mol. The van der Waals surface area contributed by atoms with Crippen molar-refractivity contribution < 1.29 is 183 Å². The molecule has 1 unspecified atom stereocenters. The molecule has 16 aliphatic rings. The van der Waals surface area contributed by atoms with Gasteiger partial charge in [-0.1, -0.05) is 104 Å². The van der Waals surface area contributed by atoms with Gasteiger partial charge in [-0.3, -0.25) is 24.0 Å². The Morgan fingerprint density at radius 2 is 0.741 bits per heavy atom. The largest absolute Gasteiger partial charge is 1.00 e. The van der Waals surface area contributed by atoms with Gasteiger partial charge < -0.3 is 56.1 Å². The molecule has 0 radical (unpaired) electrons. The third-order valence-corrected chi connectivity index (χ3v) is 39.7. The van der Waals surface area contributed by atoms with Crippen molar-refractivity contribution in [1.82, 2.24) is 61.0 Å². The summed E-state index contributed by atoms with van der Waals surface area (Å²) in [5.41, 5.74) is -1.74. The molecule has 6 N–H and O–H groups in total. The molecule has 135 heavy (non-hydrogen) atoms. The molecule has 28 nitrogen and oxygen atoms in total. The van der Waals surface area contributed by atoms with Gasteiger partial charge in [0, 0.05) is 59.2 Å². The summed E-state index contributed by atoms with van der Waals surface area (Å²) in [6.45, 7) is 19.3. The predicted octanol–water partition coefficient (Wildman–Crippen LogP) is 11.0. The number of methoxy groups -OCH3 is 4. The van der Waals surface area contributed by atoms with Crippen LogP contribution < -0.4 is 108 Å². The maximum Gasteiger partial charge on any atom is 1.00 e. The van der Waals surface area contributed by atoms with Crippen LogP contribution in [0.25, 0.3) is 0 Å². The summed E-state index contributed by atoms with van der Waals surface area (Å²) in [7, 11) is 7.81. The van der Waals surface area contributed by atoms with Crippen LogP contribution in [-0.4, -0.2) is 206 Å². The fraction of sp³-hybridized carbons (Fsp3) is 0.923. The number of Topliss-reactive ketones (excluding diaryl/α,β-unsaturated/α-hetero) is 4. The van der Waals surface area contributed by atoms with Crippen LogP contribution in [-0.2, 0) is 60.9 Å². The Morgan fingerprint density at radius 1 is 0.430 bits per heavy atom. The summed E-state index contributed by atoms with van der Waals surface area (Å²) in [5.74, 6) is 19.1. The van der Waals surface area contributed by atoms with Gasteiger partial charge in [-0.15, -0.1) is 25.5 Å². The van der Waals surface area contributed by atoms with Gasteiger partial charge in [0.2, 0.25) is 0 Å². The summed E-state index contributed by atoms with van der Waals surface area (Å²) in [4.78, 5) is 64.6. The van der Waals surface area contributed by atoms with Crippen molar-refractivity contribution in [3.8, 4) is 0 Å². The van der Waals surface area contributed by atoms with Gasteiger partial charge in [-0.25, -0.2) is 4.68 Å². The zero-order valence-corrected chi connectivity index (χ0v) is 90.5. The molecule has 19 rings (SSSR count). The Hall–Kier alpha value is -1.29. The molecule has 16 fully saturated rings. The van der Waals surface area contributed by atoms with E-state index in [2.05, 4.69) is 100 Å². The number of aromatic nitrogens is 12. The van der Waals surface area contributed by atoms with Crippen molar-refractivity contribution in [1.29, 1.82) is 0 Å². The number of aromatic amines is 1. The number of hydrogen-bond acceptors (Lipinski definition) is 25. The van der Waals surface area contributed by atoms with Crippen LogP contribution in [0.2, 0.25) is 0 Å². The fourth-order valence-corrected chi connectivity index (χ4v) is 34.5. The molecule has 0 aliphatic heterocycles. The Balaban J connectivity index is 0.000000263. The van der Waals surface area contributed by atoms with E-state index in [9.17, 15) is 39.6 Å². The van der Waals surface area contributed by atoms with Gasteiger partial charge in [0.25, 0.3) is 6.47 Å². The summed E-state index contributed by atoms with van der Waals surface area (Å²) in [6.07, 6.45) is 46.1. The van der Waals surface area contributed by atoms with Gasteiger partial charge >= 0.3 is 103 Å². The van der Waals surface area contributed by atoms with Crippen LogP contribution in [0.4, 0.5) is 0 Å². The number of aliphatic hydroxyl groups is 5. The molecule has 31 heteroatoms. The summed E-state index contributed by atoms with van der Waals surface area (Å²) < 4.78 is 23.0. The molecule has 16 saturated carbocycles. The molecule has 32 atom stereocenters. The number of rotatable bonds is 18. The first-order valence-electron chi connectivity index (χ1n) is 50.6. The summed E-state index contributed by atoms with van der Waals surface area (Å²) >= 11 is 3.45. The first-order valence-corrected chi connectivity index (χ1v) is 51.7. The Morgan fingerprint density at radius 3 is 1.00 bits per heavy atom. The molecule has 3 heterocycles. The molecule has 3 aromatic rings. The van der Waals surface area contributed by atoms with Crippen LogP contribution in [0.5, 0.6) is 0 Å². The normalized spacial score (nSPS) is 41.1. The van der Waals surface area contributed by atoms with Crippen LogP contribution in [0.3, 0.4) is 0 Å². The molecular formula is C104H181BrK2N12O16. The first kappa shape index (κ1) is 121. The second-order valence-corrected chi connectivity index (χ2v) is 46.1. The molecule has 3 aromatic heterocycles. The third kappa shape index (κ3) is 26.6. The number of ketones is 4. The average Bonchev–Trinajstić information content (AvgIpc) is 0.873. The monoisotopic (exact) mass is 2010 g/mol. The SMILES string of the molecule is C.C.C.C.CO.COC[C@@]1(O)CC[C@H]2[C@@H](CC[C@@H]3[C@@H]2CC[C@]2(C)C(C(=O)CBr)CCC[C@@H]32)C1.COC[C@@]1(O)CC[C@H]2[C@@H](CC[C@@H]3[C@@H]2CC[C@]2(C)[C@@H](C(=O)Cn4nnc(C)n4)CCC[C@@H]32)C1.COC[C@@]1(O)CC[C@H]2[C@@H](CC[C@@H]3[C@@H]2CC[C@]2(C)[C@@H](C(=O)Cn4nnnc4C)CCC[C@@H]32)C1.COC[C@@]1(O)CC[C@H]2[C@@H](CC[C@@H]3[C@@H]2CC[C@]2(C)[C@@H](C(C)=O)CCC[C@@H]32)C1.Cc1nn[nH]n1.O=CO[O-].[H-].[K+].[K+]. The molecule has 762 valence electrons. The topological polar surface area (TPSA) is 397 Å². The van der Waals surface area contributed by atoms with E-state index >= 15 is 0 Å². The van der Waals surface area contributed by atoms with E-state index in [1.54, 1.807) is 40.0 Å². The fourth-order valence-electron chi connectivity index (χ4n) is 34.1. The molecule has 0 amide bonds. The number of carbonyl (C=O) groups is 5. The third-order valence-electron chi connectivity index (χ3n) is 39.2. The van der Waals surface area contributed by atoms with Crippen molar-refractivity contribution in [2.75, 3.05) is 67.3 Å². The molecule has 16 aliphatic carbocycles. The van der Waals surface area contributed by atoms with Gasteiger partial charge in [-0.2, -0.15) is 10.0 Å². The minimum atomic E-state index is -0.623. The minimum absolute atomic E-state index is 0. The number of alkyl halides is 1. The Kier molecular flexibility index (Phi) is 47.2. The quantitative estimate of drug-likeness (QED) is 0.0226. The number of halogens is 1. The summed E-state index contributed by atoms with van der Waals surface area (Å²) in [5, 5.41) is 96.3. The number of tetrazole rings is 3. The number of fused-ring (bicyclic) bond motifs is 20. The average molecular weight is 2010 g/mol. The van der Waals surface area contributed by atoms with E-state index in [-0.39, 0.29) is 186 Å². The minimum Gasteiger partial charge on any atom is -1.00 e. The maximum absolute atomic E-state index is 13.4. The Bertz CT molecular complexity index is 4130. The number of nitrogens with zero attached hydrogens (tertiary/aromatic N) is 11. The molecule has 0 bridgehead atoms. The van der Waals surface area contributed by atoms with Gasteiger partial charge in [0.15, 0.2) is 23.2 Å². The zero-order valence-electron chi connectivity index (χ0n) is 83.7. The van der Waals surface area contributed by atoms with E-state index in [0.717, 1.165) is 206 Å². The predicted molar refractivity (Wildman–Crippen MR) is 515 cm³/mol. The maximum atomic E-state index is 13.4. The molecule has 0 aromatic carbocycles. The van der Waals surface area contributed by atoms with Gasteiger partial charge in [0.1, 0.15) is 30.5 Å². The van der Waals surface area contributed by atoms with E-state index < -0.39 is 22.4 Å². The van der Waals surface area contributed by atoms with Crippen molar-refractivity contribution in [3.05, 3.63) is 17.5 Å². The van der Waals surface area contributed by atoms with Crippen LogP contribution in [0, 0.1) is 184 Å². The van der Waals surface area contributed by atoms with Crippen molar-refractivity contribution in [2.45, 2.75) is 377 Å². The van der Waals surface area contributed by atoms with Crippen LogP contribution in [0.1, 0.15) is 340 Å². The van der Waals surface area contributed by atoms with Crippen molar-refractivity contribution >= 4 is 45.5 Å². The second kappa shape index (κ2) is 52.9. The number of aliphatic hydroxyl groups excluding tert-OH is 1. The number of hydrogen-bond donors (Lipinski definition) is 6. The van der Waals surface area contributed by atoms with Crippen molar-refractivity contribution in [2.24, 2.45) is 164 Å². The molecule has 0 saturated heterocycles. The van der Waals surface area contributed by atoms with E-state index in [0.29, 0.717) is 120 Å². The van der Waals surface area contributed by atoms with E-state index in [4.69, 9.17) is 34.1 Å². The van der Waals surface area contributed by atoms with E-state index in [1.165, 1.54) is 146 Å². The zero-order chi connectivity index (χ0) is 92.6. The van der Waals surface area contributed by atoms with Gasteiger partial charge in [-0.05, 0) is 415 Å². The smallest absolute Gasteiger partial charge is 1.00 e. The van der Waals surface area contributed by atoms with Crippen molar-refractivity contribution in [3.63, 3.8) is 0 Å². The molecule has 0 spiro atoms. The number of ether oxygens (including phenoxy) is 4. The Labute approximate surface area is 905 Å². The van der Waals surface area contributed by atoms with Crippen LogP contribution in [0.15, 0.2) is 0 Å². The number of nitrogens with one attached hydrogen (secondary N) is 1. The first-order chi connectivity index (χ1) is 61.8.